The van der Waals surface area contributed by atoms with Gasteiger partial charge in [0.25, 0.3) is 5.91 Å². The van der Waals surface area contributed by atoms with Crippen LogP contribution in [0.25, 0.3) is 10.9 Å². The molecule has 0 aliphatic heterocycles. The Morgan fingerprint density at radius 3 is 2.85 bits per heavy atom. The topological polar surface area (TPSA) is 68.3 Å². The summed E-state index contributed by atoms with van der Waals surface area (Å²) in [6.07, 6.45) is 6.20. The second kappa shape index (κ2) is 7.06. The van der Waals surface area contributed by atoms with Crippen molar-refractivity contribution in [3.63, 3.8) is 0 Å². The monoisotopic (exact) mass is 352 g/mol. The number of pyridine rings is 1. The van der Waals surface area contributed by atoms with Crippen molar-refractivity contribution < 1.29 is 14.3 Å². The van der Waals surface area contributed by atoms with Gasteiger partial charge in [0.2, 0.25) is 0 Å². The zero-order valence-electron chi connectivity index (χ0n) is 15.1. The minimum Gasteiger partial charge on any atom is -0.464 e. The van der Waals surface area contributed by atoms with Gasteiger partial charge >= 0.3 is 5.97 Å². The number of aromatic nitrogens is 1. The zero-order chi connectivity index (χ0) is 18.1. The van der Waals surface area contributed by atoms with Gasteiger partial charge in [0.05, 0.1) is 17.7 Å². The maximum atomic E-state index is 13.0. The maximum Gasteiger partial charge on any atom is 0.325 e. The molecule has 0 unspecified atom stereocenters. The van der Waals surface area contributed by atoms with Crippen molar-refractivity contribution in [3.05, 3.63) is 40.6 Å². The predicted octanol–water partition coefficient (Wildman–Crippen LogP) is 3.11. The number of aryl methyl sites for hydroxylation is 2. The minimum atomic E-state index is -0.367. The normalized spacial score (nSPS) is 16.2. The first kappa shape index (κ1) is 17.0. The van der Waals surface area contributed by atoms with Crippen molar-refractivity contribution in [2.24, 2.45) is 5.92 Å². The van der Waals surface area contributed by atoms with Crippen LogP contribution in [0.4, 0.5) is 0 Å². The number of fused-ring (bicyclic) bond motifs is 2. The molecule has 1 N–H and O–H groups in total. The number of esters is 1. The molecule has 2 aliphatic rings. The second-order valence-electron chi connectivity index (χ2n) is 7.45. The van der Waals surface area contributed by atoms with Gasteiger partial charge in [-0.25, -0.2) is 0 Å². The molecule has 1 amide bonds. The van der Waals surface area contributed by atoms with Crippen molar-refractivity contribution in [2.45, 2.75) is 45.4 Å². The Morgan fingerprint density at radius 1 is 1.23 bits per heavy atom. The molecule has 2 aliphatic carbocycles. The number of carbonyl (C=O) groups is 2. The third kappa shape index (κ3) is 3.57. The molecule has 1 saturated carbocycles. The first-order chi connectivity index (χ1) is 12.6. The zero-order valence-corrected chi connectivity index (χ0v) is 15.1. The third-order valence-electron chi connectivity index (χ3n) is 5.21. The first-order valence-corrected chi connectivity index (χ1v) is 9.48. The van der Waals surface area contributed by atoms with E-state index in [2.05, 4.69) is 5.32 Å². The molecular formula is C21H24N2O3. The molecule has 4 rings (SSSR count). The van der Waals surface area contributed by atoms with Gasteiger partial charge in [0, 0.05) is 11.1 Å². The maximum absolute atomic E-state index is 13.0. The highest BCUT2D eigenvalue weighted by Crippen LogP contribution is 2.30. The van der Waals surface area contributed by atoms with Crippen LogP contribution in [0.3, 0.4) is 0 Å². The number of nitrogens with one attached hydrogen (secondary N) is 1. The van der Waals surface area contributed by atoms with E-state index in [-0.39, 0.29) is 18.4 Å². The molecule has 0 atom stereocenters. The molecule has 1 fully saturated rings. The van der Waals surface area contributed by atoms with Crippen molar-refractivity contribution in [2.75, 3.05) is 13.2 Å². The molecule has 1 aromatic carbocycles. The number of ether oxygens (including phenoxy) is 1. The van der Waals surface area contributed by atoms with Gasteiger partial charge in [-0.2, -0.15) is 0 Å². The average molecular weight is 352 g/mol. The lowest BCUT2D eigenvalue weighted by Gasteiger charge is -2.20. The molecule has 0 bridgehead atoms. The van der Waals surface area contributed by atoms with Gasteiger partial charge in [0.15, 0.2) is 0 Å². The third-order valence-corrected chi connectivity index (χ3v) is 5.21. The smallest absolute Gasteiger partial charge is 0.325 e. The Labute approximate surface area is 153 Å². The van der Waals surface area contributed by atoms with Crippen LogP contribution in [0.15, 0.2) is 18.2 Å². The lowest BCUT2D eigenvalue weighted by Crippen LogP contribution is -2.32. The van der Waals surface area contributed by atoms with E-state index >= 15 is 0 Å². The molecule has 1 aromatic heterocycles. The fourth-order valence-electron chi connectivity index (χ4n) is 3.58. The van der Waals surface area contributed by atoms with Crippen LogP contribution < -0.4 is 5.32 Å². The highest BCUT2D eigenvalue weighted by molar-refractivity contribution is 6.08. The summed E-state index contributed by atoms with van der Waals surface area (Å²) < 4.78 is 5.21. The minimum absolute atomic E-state index is 0.0873. The Kier molecular flexibility index (Phi) is 4.62. The van der Waals surface area contributed by atoms with E-state index in [0.717, 1.165) is 66.2 Å². The summed E-state index contributed by atoms with van der Waals surface area (Å²) >= 11 is 0. The number of amides is 1. The lowest BCUT2D eigenvalue weighted by molar-refractivity contribution is -0.142. The summed E-state index contributed by atoms with van der Waals surface area (Å²) in [6, 6.07) is 6.00. The fraction of sp³-hybridized carbons (Fsp3) is 0.476. The first-order valence-electron chi connectivity index (χ1n) is 9.48. The average Bonchev–Trinajstić information content (AvgIpc) is 3.47. The van der Waals surface area contributed by atoms with E-state index in [4.69, 9.17) is 9.72 Å². The molecular weight excluding hydrogens is 328 g/mol. The molecule has 0 radical (unpaired) electrons. The van der Waals surface area contributed by atoms with Gasteiger partial charge in [-0.15, -0.1) is 0 Å². The molecule has 26 heavy (non-hydrogen) atoms. The van der Waals surface area contributed by atoms with Crippen LogP contribution >= 0.6 is 0 Å². The van der Waals surface area contributed by atoms with Crippen LogP contribution in [0, 0.1) is 12.8 Å². The molecule has 2 aromatic rings. The number of rotatable bonds is 5. The van der Waals surface area contributed by atoms with Gasteiger partial charge in [0.1, 0.15) is 6.54 Å². The Balaban J connectivity index is 1.59. The van der Waals surface area contributed by atoms with Crippen LogP contribution in [0.1, 0.15) is 52.9 Å². The molecule has 0 saturated heterocycles. The van der Waals surface area contributed by atoms with Gasteiger partial charge < -0.3 is 10.1 Å². The van der Waals surface area contributed by atoms with Gasteiger partial charge in [-0.1, -0.05) is 11.6 Å². The van der Waals surface area contributed by atoms with E-state index < -0.39 is 0 Å². The number of carbonyl (C=O) groups excluding carboxylic acids is 2. The summed E-state index contributed by atoms with van der Waals surface area (Å²) in [5, 5.41) is 3.63. The number of nitrogens with zero attached hydrogens (tertiary/aromatic N) is 1. The lowest BCUT2D eigenvalue weighted by atomic mass is 9.89. The summed E-state index contributed by atoms with van der Waals surface area (Å²) in [7, 11) is 0. The molecule has 1 heterocycles. The largest absolute Gasteiger partial charge is 0.464 e. The van der Waals surface area contributed by atoms with E-state index in [9.17, 15) is 9.59 Å². The van der Waals surface area contributed by atoms with Crippen LogP contribution in [-0.4, -0.2) is 30.0 Å². The Morgan fingerprint density at radius 2 is 2.04 bits per heavy atom. The molecule has 0 spiro atoms. The number of hydrogen-bond acceptors (Lipinski definition) is 4. The van der Waals surface area contributed by atoms with E-state index in [1.54, 1.807) is 0 Å². The fourth-order valence-corrected chi connectivity index (χ4v) is 3.58. The van der Waals surface area contributed by atoms with Crippen molar-refractivity contribution in [3.8, 4) is 0 Å². The Hall–Kier alpha value is -2.43. The SMILES string of the molecule is Cc1ccc2nc3c(c(C(=O)NCC(=O)OCC4CC4)c2c1)CCCC3. The summed E-state index contributed by atoms with van der Waals surface area (Å²) in [4.78, 5) is 29.6. The molecule has 5 heteroatoms. The van der Waals surface area contributed by atoms with Crippen LogP contribution in [0.5, 0.6) is 0 Å². The summed E-state index contributed by atoms with van der Waals surface area (Å²) in [6.45, 7) is 2.40. The molecule has 5 nitrogen and oxygen atoms in total. The second-order valence-corrected chi connectivity index (χ2v) is 7.45. The molecule has 136 valence electrons. The number of hydrogen-bond donors (Lipinski definition) is 1. The summed E-state index contributed by atoms with van der Waals surface area (Å²) in [5.41, 5.74) is 4.68. The highest BCUT2D eigenvalue weighted by atomic mass is 16.5. The quantitative estimate of drug-likeness (QED) is 0.840. The van der Waals surface area contributed by atoms with E-state index in [0.29, 0.717) is 18.1 Å². The van der Waals surface area contributed by atoms with Crippen LogP contribution in [-0.2, 0) is 22.4 Å². The van der Waals surface area contributed by atoms with Crippen molar-refractivity contribution >= 4 is 22.8 Å². The van der Waals surface area contributed by atoms with Crippen molar-refractivity contribution in [1.29, 1.82) is 0 Å². The van der Waals surface area contributed by atoms with Crippen molar-refractivity contribution in [1.82, 2.24) is 10.3 Å². The van der Waals surface area contributed by atoms with Crippen LogP contribution in [0.2, 0.25) is 0 Å². The van der Waals surface area contributed by atoms with E-state index in [1.165, 1.54) is 0 Å². The van der Waals surface area contributed by atoms with Gasteiger partial charge in [-0.05, 0) is 69.1 Å². The predicted molar refractivity (Wildman–Crippen MR) is 99.1 cm³/mol. The van der Waals surface area contributed by atoms with E-state index in [1.807, 2.05) is 25.1 Å². The Bertz CT molecular complexity index is 871. The number of benzene rings is 1. The summed E-state index contributed by atoms with van der Waals surface area (Å²) in [5.74, 6) is -0.0491. The van der Waals surface area contributed by atoms with Gasteiger partial charge in [-0.3, -0.25) is 14.6 Å². The highest BCUT2D eigenvalue weighted by Gasteiger charge is 2.25. The standard InChI is InChI=1S/C21H24N2O3/c1-13-6-9-18-16(10-13)20(15-4-2-3-5-17(15)23-18)21(25)22-11-19(24)26-12-14-7-8-14/h6,9-10,14H,2-5,7-8,11-12H2,1H3,(H,22,25).